The fraction of sp³-hybridized carbons (Fsp3) is 0. The lowest BCUT2D eigenvalue weighted by Gasteiger charge is -2.03. The van der Waals surface area contributed by atoms with Gasteiger partial charge in [-0.1, -0.05) is 12.1 Å². The van der Waals surface area contributed by atoms with Crippen molar-refractivity contribution in [2.24, 2.45) is 0 Å². The molecule has 0 N–H and O–H groups in total. The van der Waals surface area contributed by atoms with E-state index in [2.05, 4.69) is 20.9 Å². The number of rotatable bonds is 1. The SMILES string of the molecule is Fc1ccc(-c2ccc3ncc(Br)n3c2)cc1. The molecule has 0 unspecified atom stereocenters. The van der Waals surface area contributed by atoms with Crippen LogP contribution in [0.3, 0.4) is 0 Å². The zero-order valence-electron chi connectivity index (χ0n) is 8.77. The fourth-order valence-corrected chi connectivity index (χ4v) is 2.15. The molecule has 3 aromatic rings. The Labute approximate surface area is 106 Å². The number of imidazole rings is 1. The predicted octanol–water partition coefficient (Wildman–Crippen LogP) is 3.90. The molecule has 0 radical (unpaired) electrons. The van der Waals surface area contributed by atoms with Crippen molar-refractivity contribution in [3.63, 3.8) is 0 Å². The number of hydrogen-bond donors (Lipinski definition) is 0. The lowest BCUT2D eigenvalue weighted by Crippen LogP contribution is -1.87. The van der Waals surface area contributed by atoms with E-state index < -0.39 is 0 Å². The van der Waals surface area contributed by atoms with Crippen LogP contribution in [0.15, 0.2) is 53.4 Å². The topological polar surface area (TPSA) is 17.3 Å². The van der Waals surface area contributed by atoms with Gasteiger partial charge in [-0.25, -0.2) is 9.37 Å². The first kappa shape index (κ1) is 10.5. The standard InChI is InChI=1S/C13H8BrFN2/c14-12-7-16-13-6-3-10(8-17(12)13)9-1-4-11(15)5-2-9/h1-8H. The molecule has 0 aliphatic heterocycles. The molecule has 0 bridgehead atoms. The van der Waals surface area contributed by atoms with E-state index >= 15 is 0 Å². The third-order valence-corrected chi connectivity index (χ3v) is 3.22. The normalized spacial score (nSPS) is 10.9. The van der Waals surface area contributed by atoms with Gasteiger partial charge in [0, 0.05) is 6.20 Å². The lowest BCUT2D eigenvalue weighted by atomic mass is 10.1. The molecule has 1 aromatic carbocycles. The Morgan fingerprint density at radius 2 is 1.71 bits per heavy atom. The first-order valence-corrected chi connectivity index (χ1v) is 5.92. The van der Waals surface area contributed by atoms with Crippen molar-refractivity contribution in [2.45, 2.75) is 0 Å². The Hall–Kier alpha value is -1.68. The van der Waals surface area contributed by atoms with E-state index in [1.165, 1.54) is 12.1 Å². The quantitative estimate of drug-likeness (QED) is 0.664. The van der Waals surface area contributed by atoms with Crippen LogP contribution in [0.25, 0.3) is 16.8 Å². The van der Waals surface area contributed by atoms with Crippen molar-refractivity contribution in [3.8, 4) is 11.1 Å². The maximum atomic E-state index is 12.8. The van der Waals surface area contributed by atoms with Gasteiger partial charge in [0.05, 0.1) is 6.20 Å². The van der Waals surface area contributed by atoms with Crippen molar-refractivity contribution in [2.75, 3.05) is 0 Å². The highest BCUT2D eigenvalue weighted by molar-refractivity contribution is 9.10. The van der Waals surface area contributed by atoms with Crippen LogP contribution >= 0.6 is 15.9 Å². The molecule has 0 aliphatic rings. The van der Waals surface area contributed by atoms with Crippen LogP contribution in [-0.2, 0) is 0 Å². The molecule has 84 valence electrons. The third-order valence-electron chi connectivity index (χ3n) is 2.64. The van der Waals surface area contributed by atoms with Gasteiger partial charge in [0.25, 0.3) is 0 Å². The molecule has 17 heavy (non-hydrogen) atoms. The average molecular weight is 291 g/mol. The van der Waals surface area contributed by atoms with Gasteiger partial charge < -0.3 is 0 Å². The van der Waals surface area contributed by atoms with Gasteiger partial charge in [-0.05, 0) is 51.3 Å². The average Bonchev–Trinajstić information content (AvgIpc) is 2.72. The molecule has 3 rings (SSSR count). The number of fused-ring (bicyclic) bond motifs is 1. The summed E-state index contributed by atoms with van der Waals surface area (Å²) >= 11 is 3.43. The van der Waals surface area contributed by atoms with E-state index in [4.69, 9.17) is 0 Å². The smallest absolute Gasteiger partial charge is 0.137 e. The third kappa shape index (κ3) is 1.85. The van der Waals surface area contributed by atoms with Gasteiger partial charge in [0.1, 0.15) is 16.1 Å². The summed E-state index contributed by atoms with van der Waals surface area (Å²) in [6.07, 6.45) is 3.73. The number of halogens is 2. The second-order valence-electron chi connectivity index (χ2n) is 3.73. The molecule has 0 fully saturated rings. The van der Waals surface area contributed by atoms with Gasteiger partial charge in [-0.2, -0.15) is 0 Å². The number of aromatic nitrogens is 2. The minimum Gasteiger partial charge on any atom is -0.294 e. The van der Waals surface area contributed by atoms with Gasteiger partial charge in [-0.15, -0.1) is 0 Å². The van der Waals surface area contributed by atoms with Crippen molar-refractivity contribution >= 4 is 21.6 Å². The Bertz CT molecular complexity index is 673. The lowest BCUT2D eigenvalue weighted by molar-refractivity contribution is 0.628. The molecular weight excluding hydrogens is 283 g/mol. The van der Waals surface area contributed by atoms with Crippen LogP contribution in [0.5, 0.6) is 0 Å². The number of hydrogen-bond acceptors (Lipinski definition) is 1. The van der Waals surface area contributed by atoms with Crippen molar-refractivity contribution in [1.29, 1.82) is 0 Å². The second-order valence-corrected chi connectivity index (χ2v) is 4.55. The summed E-state index contributed by atoms with van der Waals surface area (Å²) in [6, 6.07) is 10.4. The van der Waals surface area contributed by atoms with Crippen molar-refractivity contribution < 1.29 is 4.39 Å². The summed E-state index contributed by atoms with van der Waals surface area (Å²) in [7, 11) is 0. The molecule has 0 spiro atoms. The Balaban J connectivity index is 2.17. The molecular formula is C13H8BrFN2. The van der Waals surface area contributed by atoms with Crippen LogP contribution in [0.1, 0.15) is 0 Å². The van der Waals surface area contributed by atoms with E-state index in [1.54, 1.807) is 18.3 Å². The predicted molar refractivity (Wildman–Crippen MR) is 68.3 cm³/mol. The van der Waals surface area contributed by atoms with Crippen LogP contribution in [0.2, 0.25) is 0 Å². The summed E-state index contributed by atoms with van der Waals surface area (Å²) < 4.78 is 15.7. The molecule has 0 amide bonds. The second kappa shape index (κ2) is 3.96. The molecule has 2 nitrogen and oxygen atoms in total. The monoisotopic (exact) mass is 290 g/mol. The highest BCUT2D eigenvalue weighted by Crippen LogP contribution is 2.22. The maximum absolute atomic E-state index is 12.8. The van der Waals surface area contributed by atoms with E-state index in [0.29, 0.717) is 0 Å². The molecule has 2 aromatic heterocycles. The van der Waals surface area contributed by atoms with E-state index in [1.807, 2.05) is 22.7 Å². The Morgan fingerprint density at radius 3 is 2.47 bits per heavy atom. The summed E-state index contributed by atoms with van der Waals surface area (Å²) in [6.45, 7) is 0. The first-order chi connectivity index (χ1) is 8.24. The Morgan fingerprint density at radius 1 is 1.00 bits per heavy atom. The van der Waals surface area contributed by atoms with Crippen molar-refractivity contribution in [3.05, 3.63) is 59.2 Å². The van der Waals surface area contributed by atoms with E-state index in [9.17, 15) is 4.39 Å². The molecule has 0 saturated heterocycles. The largest absolute Gasteiger partial charge is 0.294 e. The van der Waals surface area contributed by atoms with Crippen LogP contribution in [0.4, 0.5) is 4.39 Å². The number of benzene rings is 1. The summed E-state index contributed by atoms with van der Waals surface area (Å²) in [5, 5.41) is 0. The highest BCUT2D eigenvalue weighted by Gasteiger charge is 2.03. The molecule has 0 saturated carbocycles. The number of pyridine rings is 1. The molecule has 2 heterocycles. The molecule has 4 heteroatoms. The van der Waals surface area contributed by atoms with Crippen molar-refractivity contribution in [1.82, 2.24) is 9.38 Å². The maximum Gasteiger partial charge on any atom is 0.137 e. The first-order valence-electron chi connectivity index (χ1n) is 5.12. The minimum atomic E-state index is -0.223. The summed E-state index contributed by atoms with van der Waals surface area (Å²) in [5.41, 5.74) is 2.88. The zero-order valence-corrected chi connectivity index (χ0v) is 10.4. The molecule has 0 aliphatic carbocycles. The molecule has 0 atom stereocenters. The number of nitrogens with zero attached hydrogens (tertiary/aromatic N) is 2. The van der Waals surface area contributed by atoms with E-state index in [0.717, 1.165) is 21.4 Å². The summed E-state index contributed by atoms with van der Waals surface area (Å²) in [4.78, 5) is 4.22. The van der Waals surface area contributed by atoms with Crippen LogP contribution in [0, 0.1) is 5.82 Å². The van der Waals surface area contributed by atoms with Crippen LogP contribution in [-0.4, -0.2) is 9.38 Å². The van der Waals surface area contributed by atoms with Gasteiger partial charge in [-0.3, -0.25) is 4.40 Å². The zero-order chi connectivity index (χ0) is 11.8. The van der Waals surface area contributed by atoms with Gasteiger partial charge in [0.2, 0.25) is 0 Å². The summed E-state index contributed by atoms with van der Waals surface area (Å²) in [5.74, 6) is -0.223. The Kier molecular flexibility index (Phi) is 2.44. The van der Waals surface area contributed by atoms with E-state index in [-0.39, 0.29) is 5.82 Å². The highest BCUT2D eigenvalue weighted by atomic mass is 79.9. The van der Waals surface area contributed by atoms with Gasteiger partial charge in [0.15, 0.2) is 0 Å². The fourth-order valence-electron chi connectivity index (χ4n) is 1.76. The minimum absolute atomic E-state index is 0.223. The van der Waals surface area contributed by atoms with Crippen LogP contribution < -0.4 is 0 Å². The van der Waals surface area contributed by atoms with Gasteiger partial charge >= 0.3 is 0 Å².